The summed E-state index contributed by atoms with van der Waals surface area (Å²) < 4.78 is 27.4. The molecule has 108 valence electrons. The van der Waals surface area contributed by atoms with Crippen molar-refractivity contribution < 1.29 is 8.42 Å². The van der Waals surface area contributed by atoms with Gasteiger partial charge >= 0.3 is 0 Å². The lowest BCUT2D eigenvalue weighted by atomic mass is 9.85. The fourth-order valence-corrected chi connectivity index (χ4v) is 5.12. The summed E-state index contributed by atoms with van der Waals surface area (Å²) in [6, 6.07) is 1.67. The van der Waals surface area contributed by atoms with Crippen LogP contribution in [0.5, 0.6) is 0 Å². The lowest BCUT2D eigenvalue weighted by molar-refractivity contribution is 0.303. The molecule has 2 rings (SSSR count). The Kier molecular flexibility index (Phi) is 5.00. The molecule has 0 amide bonds. The van der Waals surface area contributed by atoms with E-state index >= 15 is 0 Å². The average molecular weight is 302 g/mol. The number of rotatable bonds is 5. The van der Waals surface area contributed by atoms with Gasteiger partial charge in [-0.25, -0.2) is 13.1 Å². The van der Waals surface area contributed by atoms with Crippen LogP contribution in [0.3, 0.4) is 0 Å². The Hall–Kier alpha value is -0.430. The standard InChI is InChI=1S/C13H22N2O2S2/c1-10(11-5-3-2-4-6-11)15-19(16,17)13-7-12(8-14)18-9-13/h7,9-11,15H,2-6,8,14H2,1H3. The van der Waals surface area contributed by atoms with Crippen molar-refractivity contribution in [3.05, 3.63) is 16.3 Å². The normalized spacial score (nSPS) is 19.5. The molecule has 1 aromatic heterocycles. The predicted molar refractivity (Wildman–Crippen MR) is 78.6 cm³/mol. The van der Waals surface area contributed by atoms with E-state index in [1.807, 2.05) is 6.92 Å². The lowest BCUT2D eigenvalue weighted by Crippen LogP contribution is -2.38. The van der Waals surface area contributed by atoms with Crippen molar-refractivity contribution in [2.75, 3.05) is 0 Å². The van der Waals surface area contributed by atoms with Gasteiger partial charge in [-0.3, -0.25) is 0 Å². The molecule has 0 spiro atoms. The van der Waals surface area contributed by atoms with Crippen LogP contribution in [0.25, 0.3) is 0 Å². The molecule has 1 aliphatic carbocycles. The zero-order valence-corrected chi connectivity index (χ0v) is 12.9. The minimum Gasteiger partial charge on any atom is -0.326 e. The number of sulfonamides is 1. The number of hydrogen-bond donors (Lipinski definition) is 2. The van der Waals surface area contributed by atoms with Gasteiger partial charge in [0.25, 0.3) is 0 Å². The van der Waals surface area contributed by atoms with Crippen LogP contribution < -0.4 is 10.5 Å². The molecule has 0 bridgehead atoms. The van der Waals surface area contributed by atoms with E-state index in [0.717, 1.165) is 17.7 Å². The van der Waals surface area contributed by atoms with Crippen molar-refractivity contribution in [3.8, 4) is 0 Å². The molecule has 1 fully saturated rings. The van der Waals surface area contributed by atoms with Gasteiger partial charge in [-0.1, -0.05) is 19.3 Å². The third-order valence-electron chi connectivity index (χ3n) is 3.84. The Morgan fingerprint density at radius 1 is 1.42 bits per heavy atom. The Balaban J connectivity index is 2.03. The van der Waals surface area contributed by atoms with Gasteiger partial charge < -0.3 is 5.73 Å². The maximum atomic E-state index is 12.3. The molecule has 19 heavy (non-hydrogen) atoms. The molecule has 1 atom stereocenters. The summed E-state index contributed by atoms with van der Waals surface area (Å²) in [5, 5.41) is 1.66. The van der Waals surface area contributed by atoms with Crippen LogP contribution >= 0.6 is 11.3 Å². The van der Waals surface area contributed by atoms with Gasteiger partial charge in [0.05, 0.1) is 4.90 Å². The summed E-state index contributed by atoms with van der Waals surface area (Å²) in [4.78, 5) is 1.24. The van der Waals surface area contributed by atoms with Gasteiger partial charge in [-0.15, -0.1) is 11.3 Å². The fourth-order valence-electron chi connectivity index (χ4n) is 2.65. The summed E-state index contributed by atoms with van der Waals surface area (Å²) in [5.74, 6) is 0.469. The maximum absolute atomic E-state index is 12.3. The van der Waals surface area contributed by atoms with E-state index in [9.17, 15) is 8.42 Å². The van der Waals surface area contributed by atoms with Gasteiger partial charge in [0, 0.05) is 22.8 Å². The Labute approximate surface area is 119 Å². The SMILES string of the molecule is CC(NS(=O)(=O)c1csc(CN)c1)C1CCCCC1. The van der Waals surface area contributed by atoms with Crippen LogP contribution in [0.4, 0.5) is 0 Å². The zero-order chi connectivity index (χ0) is 13.9. The first-order valence-corrected chi connectivity index (χ1v) is 9.19. The van der Waals surface area contributed by atoms with Crippen LogP contribution in [0.15, 0.2) is 16.3 Å². The van der Waals surface area contributed by atoms with Crippen molar-refractivity contribution in [1.29, 1.82) is 0 Å². The van der Waals surface area contributed by atoms with E-state index in [1.54, 1.807) is 11.4 Å². The molecule has 1 saturated carbocycles. The molecule has 6 heteroatoms. The predicted octanol–water partition coefficient (Wildman–Crippen LogP) is 2.45. The summed E-state index contributed by atoms with van der Waals surface area (Å²) in [6.45, 7) is 2.36. The molecular formula is C13H22N2O2S2. The van der Waals surface area contributed by atoms with Crippen LogP contribution in [0.2, 0.25) is 0 Å². The smallest absolute Gasteiger partial charge is 0.241 e. The van der Waals surface area contributed by atoms with E-state index in [2.05, 4.69) is 4.72 Å². The quantitative estimate of drug-likeness (QED) is 0.877. The van der Waals surface area contributed by atoms with Crippen LogP contribution in [0, 0.1) is 5.92 Å². The van der Waals surface area contributed by atoms with Crippen molar-refractivity contribution in [2.24, 2.45) is 11.7 Å². The monoisotopic (exact) mass is 302 g/mol. The largest absolute Gasteiger partial charge is 0.326 e. The van der Waals surface area contributed by atoms with Crippen LogP contribution in [-0.4, -0.2) is 14.5 Å². The Morgan fingerprint density at radius 2 is 2.11 bits per heavy atom. The molecular weight excluding hydrogens is 280 g/mol. The third-order valence-corrected chi connectivity index (χ3v) is 6.49. The van der Waals surface area contributed by atoms with E-state index in [-0.39, 0.29) is 6.04 Å². The fraction of sp³-hybridized carbons (Fsp3) is 0.692. The Bertz CT molecular complexity index is 504. The molecule has 1 heterocycles. The van der Waals surface area contributed by atoms with Gasteiger partial charge in [0.1, 0.15) is 0 Å². The molecule has 1 unspecified atom stereocenters. The van der Waals surface area contributed by atoms with E-state index < -0.39 is 10.0 Å². The van der Waals surface area contributed by atoms with Gasteiger partial charge in [-0.2, -0.15) is 0 Å². The second kappa shape index (κ2) is 6.35. The van der Waals surface area contributed by atoms with E-state index in [4.69, 9.17) is 5.73 Å². The first-order chi connectivity index (χ1) is 9.03. The molecule has 0 saturated heterocycles. The lowest BCUT2D eigenvalue weighted by Gasteiger charge is -2.27. The van der Waals surface area contributed by atoms with Crippen molar-refractivity contribution in [2.45, 2.75) is 56.5 Å². The molecule has 0 aliphatic heterocycles. The number of nitrogens with one attached hydrogen (secondary N) is 1. The third kappa shape index (κ3) is 3.78. The van der Waals surface area contributed by atoms with E-state index in [0.29, 0.717) is 17.4 Å². The summed E-state index contributed by atoms with van der Waals surface area (Å²) in [7, 11) is -3.39. The molecule has 4 nitrogen and oxygen atoms in total. The first-order valence-electron chi connectivity index (χ1n) is 6.83. The highest BCUT2D eigenvalue weighted by atomic mass is 32.2. The second-order valence-corrected chi connectivity index (χ2v) is 7.97. The average Bonchev–Trinajstić information content (AvgIpc) is 2.89. The number of hydrogen-bond acceptors (Lipinski definition) is 4. The summed E-state index contributed by atoms with van der Waals surface area (Å²) in [6.07, 6.45) is 5.96. The maximum Gasteiger partial charge on any atom is 0.241 e. The highest BCUT2D eigenvalue weighted by Crippen LogP contribution is 2.27. The number of nitrogens with two attached hydrogens (primary N) is 1. The first kappa shape index (κ1) is 15.0. The van der Waals surface area contributed by atoms with Crippen LogP contribution in [0.1, 0.15) is 43.9 Å². The number of thiophene rings is 1. The molecule has 3 N–H and O–H groups in total. The molecule has 1 aliphatic rings. The van der Waals surface area contributed by atoms with Gasteiger partial charge in [0.15, 0.2) is 0 Å². The van der Waals surface area contributed by atoms with Crippen LogP contribution in [-0.2, 0) is 16.6 Å². The van der Waals surface area contributed by atoms with Gasteiger partial charge in [-0.05, 0) is 31.7 Å². The van der Waals surface area contributed by atoms with Crippen molar-refractivity contribution in [1.82, 2.24) is 4.72 Å². The second-order valence-electron chi connectivity index (χ2n) is 5.26. The van der Waals surface area contributed by atoms with Crippen molar-refractivity contribution >= 4 is 21.4 Å². The molecule has 1 aromatic rings. The van der Waals surface area contributed by atoms with E-state index in [1.165, 1.54) is 30.6 Å². The molecule has 0 aromatic carbocycles. The highest BCUT2D eigenvalue weighted by molar-refractivity contribution is 7.89. The minimum absolute atomic E-state index is 0.00604. The van der Waals surface area contributed by atoms with Crippen molar-refractivity contribution in [3.63, 3.8) is 0 Å². The minimum atomic E-state index is -3.39. The summed E-state index contributed by atoms with van der Waals surface area (Å²) in [5.41, 5.74) is 5.52. The Morgan fingerprint density at radius 3 is 2.68 bits per heavy atom. The van der Waals surface area contributed by atoms with Gasteiger partial charge in [0.2, 0.25) is 10.0 Å². The summed E-state index contributed by atoms with van der Waals surface area (Å²) >= 11 is 1.39. The molecule has 0 radical (unpaired) electrons. The highest BCUT2D eigenvalue weighted by Gasteiger charge is 2.25. The zero-order valence-electron chi connectivity index (χ0n) is 11.3. The topological polar surface area (TPSA) is 72.2 Å².